The quantitative estimate of drug-likeness (QED) is 0.865. The molecular weight excluding hydrogens is 210 g/mol. The second kappa shape index (κ2) is 5.54. The highest BCUT2D eigenvalue weighted by Gasteiger charge is 2.15. The van der Waals surface area contributed by atoms with Gasteiger partial charge in [0.2, 0.25) is 0 Å². The second-order valence-electron chi connectivity index (χ2n) is 5.25. The van der Waals surface area contributed by atoms with E-state index in [2.05, 4.69) is 44.3 Å². The molecule has 0 amide bonds. The Kier molecular flexibility index (Phi) is 4.06. The van der Waals surface area contributed by atoms with Crippen LogP contribution in [0.4, 0.5) is 0 Å². The van der Waals surface area contributed by atoms with Crippen LogP contribution in [0.2, 0.25) is 0 Å². The van der Waals surface area contributed by atoms with Gasteiger partial charge in [0.15, 0.2) is 0 Å². The van der Waals surface area contributed by atoms with Crippen LogP contribution in [0, 0.1) is 6.92 Å². The lowest BCUT2D eigenvalue weighted by Crippen LogP contribution is -2.34. The summed E-state index contributed by atoms with van der Waals surface area (Å²) in [5, 5.41) is 3.36. The van der Waals surface area contributed by atoms with E-state index >= 15 is 0 Å². The Morgan fingerprint density at radius 1 is 1.24 bits per heavy atom. The summed E-state index contributed by atoms with van der Waals surface area (Å²) >= 11 is 0. The van der Waals surface area contributed by atoms with Gasteiger partial charge in [-0.1, -0.05) is 26.0 Å². The van der Waals surface area contributed by atoms with Crippen LogP contribution in [0.25, 0.3) is 0 Å². The number of ether oxygens (including phenoxy) is 1. The lowest BCUT2D eigenvalue weighted by molar-refractivity contribution is 0.161. The van der Waals surface area contributed by atoms with Gasteiger partial charge in [-0.2, -0.15) is 0 Å². The highest BCUT2D eigenvalue weighted by molar-refractivity contribution is 5.37. The third-order valence-corrected chi connectivity index (χ3v) is 3.46. The molecule has 1 N–H and O–H groups in total. The maximum Gasteiger partial charge on any atom is 0.122 e. The lowest BCUT2D eigenvalue weighted by atomic mass is 10.0. The molecule has 1 aliphatic heterocycles. The van der Waals surface area contributed by atoms with Gasteiger partial charge in [-0.05, 0) is 56.0 Å². The monoisotopic (exact) mass is 233 g/mol. The van der Waals surface area contributed by atoms with Crippen LogP contribution in [0.5, 0.6) is 5.75 Å². The molecule has 17 heavy (non-hydrogen) atoms. The first-order chi connectivity index (χ1) is 8.16. The van der Waals surface area contributed by atoms with Crippen LogP contribution < -0.4 is 10.1 Å². The number of hydrogen-bond donors (Lipinski definition) is 1. The van der Waals surface area contributed by atoms with Gasteiger partial charge < -0.3 is 10.1 Å². The van der Waals surface area contributed by atoms with E-state index in [9.17, 15) is 0 Å². The van der Waals surface area contributed by atoms with Gasteiger partial charge in [0.25, 0.3) is 0 Å². The minimum Gasteiger partial charge on any atom is -0.490 e. The van der Waals surface area contributed by atoms with Crippen LogP contribution >= 0.6 is 0 Å². The van der Waals surface area contributed by atoms with Gasteiger partial charge in [-0.25, -0.2) is 0 Å². The molecule has 1 aromatic rings. The smallest absolute Gasteiger partial charge is 0.122 e. The van der Waals surface area contributed by atoms with E-state index in [0.29, 0.717) is 12.0 Å². The molecule has 0 radical (unpaired) electrons. The summed E-state index contributed by atoms with van der Waals surface area (Å²) < 4.78 is 6.14. The number of aryl methyl sites for hydroxylation is 1. The topological polar surface area (TPSA) is 21.3 Å². The highest BCUT2D eigenvalue weighted by Crippen LogP contribution is 2.26. The van der Waals surface area contributed by atoms with Crippen molar-refractivity contribution in [3.05, 3.63) is 29.3 Å². The first-order valence-corrected chi connectivity index (χ1v) is 6.64. The first-order valence-electron chi connectivity index (χ1n) is 6.64. The molecule has 0 unspecified atom stereocenters. The number of nitrogens with one attached hydrogen (secondary N) is 1. The van der Waals surface area contributed by atoms with Crippen molar-refractivity contribution in [2.45, 2.75) is 45.6 Å². The predicted molar refractivity (Wildman–Crippen MR) is 71.8 cm³/mol. The van der Waals surface area contributed by atoms with Crippen molar-refractivity contribution in [3.63, 3.8) is 0 Å². The summed E-state index contributed by atoms with van der Waals surface area (Å²) in [6, 6.07) is 6.59. The third kappa shape index (κ3) is 3.22. The van der Waals surface area contributed by atoms with Crippen LogP contribution in [0.15, 0.2) is 18.2 Å². The van der Waals surface area contributed by atoms with E-state index < -0.39 is 0 Å². The van der Waals surface area contributed by atoms with Crippen LogP contribution in [0.1, 0.15) is 43.7 Å². The summed E-state index contributed by atoms with van der Waals surface area (Å²) in [5.74, 6) is 1.63. The van der Waals surface area contributed by atoms with Crippen LogP contribution in [-0.4, -0.2) is 19.2 Å². The van der Waals surface area contributed by atoms with E-state index in [1.54, 1.807) is 0 Å². The molecule has 94 valence electrons. The fraction of sp³-hybridized carbons (Fsp3) is 0.600. The van der Waals surface area contributed by atoms with E-state index in [4.69, 9.17) is 4.74 Å². The number of rotatable bonds is 3. The van der Waals surface area contributed by atoms with Gasteiger partial charge in [0.05, 0.1) is 0 Å². The SMILES string of the molecule is Cc1ccc(C(C)C)cc1OC1CCNCC1. The van der Waals surface area contributed by atoms with Gasteiger partial charge >= 0.3 is 0 Å². The highest BCUT2D eigenvalue weighted by atomic mass is 16.5. The van der Waals surface area contributed by atoms with E-state index in [1.807, 2.05) is 0 Å². The fourth-order valence-corrected chi connectivity index (χ4v) is 2.20. The normalized spacial score (nSPS) is 17.4. The minimum absolute atomic E-state index is 0.386. The largest absolute Gasteiger partial charge is 0.490 e. The maximum absolute atomic E-state index is 6.14. The molecule has 2 heteroatoms. The van der Waals surface area contributed by atoms with E-state index in [1.165, 1.54) is 11.1 Å². The van der Waals surface area contributed by atoms with Gasteiger partial charge in [-0.3, -0.25) is 0 Å². The summed E-state index contributed by atoms with van der Waals surface area (Å²) in [4.78, 5) is 0. The summed E-state index contributed by atoms with van der Waals surface area (Å²) in [6.45, 7) is 8.72. The Labute approximate surface area is 104 Å². The van der Waals surface area contributed by atoms with Gasteiger partial charge in [-0.15, -0.1) is 0 Å². The molecule has 0 spiro atoms. The molecule has 2 nitrogen and oxygen atoms in total. The zero-order chi connectivity index (χ0) is 12.3. The standard InChI is InChI=1S/C15H23NO/c1-11(2)13-5-4-12(3)15(10-13)17-14-6-8-16-9-7-14/h4-5,10-11,14,16H,6-9H2,1-3H3. The molecule has 0 saturated carbocycles. The zero-order valence-electron chi connectivity index (χ0n) is 11.1. The molecule has 0 atom stereocenters. The zero-order valence-corrected chi connectivity index (χ0v) is 11.1. The van der Waals surface area contributed by atoms with E-state index in [-0.39, 0.29) is 0 Å². The Morgan fingerprint density at radius 2 is 1.94 bits per heavy atom. The van der Waals surface area contributed by atoms with Crippen LogP contribution in [0.3, 0.4) is 0 Å². The molecular formula is C15H23NO. The molecule has 1 saturated heterocycles. The van der Waals surface area contributed by atoms with Crippen molar-refractivity contribution in [1.82, 2.24) is 5.32 Å². The third-order valence-electron chi connectivity index (χ3n) is 3.46. The Hall–Kier alpha value is -1.02. The molecule has 0 aliphatic carbocycles. The molecule has 2 rings (SSSR count). The number of benzene rings is 1. The maximum atomic E-state index is 6.14. The average molecular weight is 233 g/mol. The minimum atomic E-state index is 0.386. The fourth-order valence-electron chi connectivity index (χ4n) is 2.20. The van der Waals surface area contributed by atoms with E-state index in [0.717, 1.165) is 31.7 Å². The van der Waals surface area contributed by atoms with Crippen molar-refractivity contribution in [1.29, 1.82) is 0 Å². The summed E-state index contributed by atoms with van der Waals surface area (Å²) in [5.41, 5.74) is 2.60. The van der Waals surface area contributed by atoms with Crippen molar-refractivity contribution in [2.24, 2.45) is 0 Å². The van der Waals surface area contributed by atoms with Crippen LogP contribution in [-0.2, 0) is 0 Å². The first kappa shape index (κ1) is 12.4. The molecule has 1 aromatic carbocycles. The molecule has 0 aromatic heterocycles. The van der Waals surface area contributed by atoms with Gasteiger partial charge in [0, 0.05) is 0 Å². The van der Waals surface area contributed by atoms with Crippen molar-refractivity contribution in [3.8, 4) is 5.75 Å². The van der Waals surface area contributed by atoms with Crippen molar-refractivity contribution < 1.29 is 4.74 Å². The molecule has 1 fully saturated rings. The molecule has 1 aliphatic rings. The number of piperidine rings is 1. The Bertz CT molecular complexity index is 367. The molecule has 1 heterocycles. The summed E-state index contributed by atoms with van der Waals surface area (Å²) in [7, 11) is 0. The Morgan fingerprint density at radius 3 is 2.59 bits per heavy atom. The summed E-state index contributed by atoms with van der Waals surface area (Å²) in [6.07, 6.45) is 2.62. The molecule has 0 bridgehead atoms. The number of hydrogen-bond acceptors (Lipinski definition) is 2. The predicted octanol–water partition coefficient (Wildman–Crippen LogP) is 3.25. The second-order valence-corrected chi connectivity index (χ2v) is 5.25. The van der Waals surface area contributed by atoms with Crippen molar-refractivity contribution in [2.75, 3.05) is 13.1 Å². The Balaban J connectivity index is 2.10. The average Bonchev–Trinajstić information content (AvgIpc) is 2.33. The van der Waals surface area contributed by atoms with Gasteiger partial charge in [0.1, 0.15) is 11.9 Å². The van der Waals surface area contributed by atoms with Crippen molar-refractivity contribution >= 4 is 0 Å². The lowest BCUT2D eigenvalue weighted by Gasteiger charge is -2.25.